The summed E-state index contributed by atoms with van der Waals surface area (Å²) in [6.07, 6.45) is 4.62. The average molecular weight is 310 g/mol. The Morgan fingerprint density at radius 2 is 1.30 bits per heavy atom. The van der Waals surface area contributed by atoms with Crippen LogP contribution in [0, 0.1) is 13.8 Å². The quantitative estimate of drug-likeness (QED) is 0.706. The summed E-state index contributed by atoms with van der Waals surface area (Å²) in [6, 6.07) is 13.0. The fourth-order valence-corrected chi connectivity index (χ4v) is 3.47. The minimum absolute atomic E-state index is 0.0347. The standard InChI is InChI=1S/C21H30N2/c1-5-7-12-21(6-2,17-8-10-19(22)15(3)13-17)18-9-11-20(23)16(4)14-18/h8-11,13-14H,5-7,12,22-23H2,1-4H3. The number of anilines is 2. The molecule has 124 valence electrons. The van der Waals surface area contributed by atoms with Crippen LogP contribution in [0.25, 0.3) is 0 Å². The highest BCUT2D eigenvalue weighted by Gasteiger charge is 2.32. The smallest absolute Gasteiger partial charge is 0.0343 e. The predicted octanol–water partition coefficient (Wildman–Crippen LogP) is 5.35. The Morgan fingerprint density at radius 1 is 0.826 bits per heavy atom. The lowest BCUT2D eigenvalue weighted by atomic mass is 9.68. The first-order valence-electron chi connectivity index (χ1n) is 8.67. The molecule has 23 heavy (non-hydrogen) atoms. The number of nitrogen functional groups attached to an aromatic ring is 2. The molecular formula is C21H30N2. The number of rotatable bonds is 6. The van der Waals surface area contributed by atoms with Gasteiger partial charge in [0.15, 0.2) is 0 Å². The molecule has 2 aromatic rings. The lowest BCUT2D eigenvalue weighted by molar-refractivity contribution is 0.437. The molecule has 0 amide bonds. The van der Waals surface area contributed by atoms with E-state index in [0.717, 1.165) is 35.3 Å². The van der Waals surface area contributed by atoms with Crippen molar-refractivity contribution in [3.8, 4) is 0 Å². The maximum Gasteiger partial charge on any atom is 0.0343 e. The summed E-state index contributed by atoms with van der Waals surface area (Å²) in [5.74, 6) is 0. The maximum atomic E-state index is 6.04. The highest BCUT2D eigenvalue weighted by Crippen LogP contribution is 2.41. The van der Waals surface area contributed by atoms with Gasteiger partial charge in [-0.15, -0.1) is 0 Å². The van der Waals surface area contributed by atoms with Crippen LogP contribution >= 0.6 is 0 Å². The summed E-state index contributed by atoms with van der Waals surface area (Å²) >= 11 is 0. The molecule has 2 rings (SSSR count). The van der Waals surface area contributed by atoms with Gasteiger partial charge in [0, 0.05) is 16.8 Å². The van der Waals surface area contributed by atoms with Gasteiger partial charge in [-0.25, -0.2) is 0 Å². The average Bonchev–Trinajstić information content (AvgIpc) is 2.54. The van der Waals surface area contributed by atoms with Gasteiger partial charge in [-0.3, -0.25) is 0 Å². The summed E-state index contributed by atoms with van der Waals surface area (Å²) in [5.41, 5.74) is 18.9. The van der Waals surface area contributed by atoms with E-state index in [2.05, 4.69) is 52.0 Å². The first-order chi connectivity index (χ1) is 10.9. The van der Waals surface area contributed by atoms with Crippen LogP contribution in [0.4, 0.5) is 11.4 Å². The molecule has 0 aliphatic carbocycles. The summed E-state index contributed by atoms with van der Waals surface area (Å²) in [5, 5.41) is 0. The molecule has 0 aliphatic heterocycles. The maximum absolute atomic E-state index is 6.04. The van der Waals surface area contributed by atoms with Crippen molar-refractivity contribution in [1.29, 1.82) is 0 Å². The molecule has 2 aromatic carbocycles. The van der Waals surface area contributed by atoms with Crippen LogP contribution < -0.4 is 11.5 Å². The summed E-state index contributed by atoms with van der Waals surface area (Å²) < 4.78 is 0. The van der Waals surface area contributed by atoms with Gasteiger partial charge in [-0.2, -0.15) is 0 Å². The van der Waals surface area contributed by atoms with E-state index in [1.54, 1.807) is 0 Å². The van der Waals surface area contributed by atoms with E-state index in [1.807, 2.05) is 12.1 Å². The molecular weight excluding hydrogens is 280 g/mol. The van der Waals surface area contributed by atoms with Gasteiger partial charge in [0.1, 0.15) is 0 Å². The third-order valence-corrected chi connectivity index (χ3v) is 5.21. The third-order valence-electron chi connectivity index (χ3n) is 5.21. The van der Waals surface area contributed by atoms with E-state index in [1.165, 1.54) is 24.0 Å². The number of hydrogen-bond donors (Lipinski definition) is 2. The molecule has 0 radical (unpaired) electrons. The van der Waals surface area contributed by atoms with E-state index in [4.69, 9.17) is 11.5 Å². The molecule has 0 aromatic heterocycles. The largest absolute Gasteiger partial charge is 0.399 e. The van der Waals surface area contributed by atoms with Crippen molar-refractivity contribution >= 4 is 11.4 Å². The summed E-state index contributed by atoms with van der Waals surface area (Å²) in [4.78, 5) is 0. The summed E-state index contributed by atoms with van der Waals surface area (Å²) in [6.45, 7) is 8.72. The minimum Gasteiger partial charge on any atom is -0.399 e. The first kappa shape index (κ1) is 17.4. The van der Waals surface area contributed by atoms with Gasteiger partial charge in [0.25, 0.3) is 0 Å². The molecule has 2 nitrogen and oxygen atoms in total. The molecule has 0 bridgehead atoms. The molecule has 0 spiro atoms. The number of hydrogen-bond acceptors (Lipinski definition) is 2. The van der Waals surface area contributed by atoms with Crippen molar-refractivity contribution in [1.82, 2.24) is 0 Å². The second kappa shape index (κ2) is 7.08. The van der Waals surface area contributed by atoms with Crippen LogP contribution in [-0.2, 0) is 5.41 Å². The van der Waals surface area contributed by atoms with E-state index in [-0.39, 0.29) is 5.41 Å². The van der Waals surface area contributed by atoms with Crippen molar-refractivity contribution in [3.63, 3.8) is 0 Å². The molecule has 0 heterocycles. The highest BCUT2D eigenvalue weighted by molar-refractivity contribution is 5.54. The van der Waals surface area contributed by atoms with Gasteiger partial charge >= 0.3 is 0 Å². The SMILES string of the molecule is CCCCC(CC)(c1ccc(N)c(C)c1)c1ccc(N)c(C)c1. The normalized spacial score (nSPS) is 11.7. The lowest BCUT2D eigenvalue weighted by Crippen LogP contribution is -2.27. The fourth-order valence-electron chi connectivity index (χ4n) is 3.47. The van der Waals surface area contributed by atoms with Crippen LogP contribution in [0.2, 0.25) is 0 Å². The van der Waals surface area contributed by atoms with Crippen molar-refractivity contribution in [2.75, 3.05) is 11.5 Å². The van der Waals surface area contributed by atoms with Crippen LogP contribution in [0.3, 0.4) is 0 Å². The monoisotopic (exact) mass is 310 g/mol. The zero-order valence-electron chi connectivity index (χ0n) is 14.9. The van der Waals surface area contributed by atoms with Crippen molar-refractivity contribution in [2.45, 2.75) is 58.8 Å². The topological polar surface area (TPSA) is 52.0 Å². The van der Waals surface area contributed by atoms with Crippen LogP contribution in [0.15, 0.2) is 36.4 Å². The Balaban J connectivity index is 2.62. The molecule has 0 fully saturated rings. The second-order valence-electron chi connectivity index (χ2n) is 6.68. The van der Waals surface area contributed by atoms with Crippen molar-refractivity contribution < 1.29 is 0 Å². The summed E-state index contributed by atoms with van der Waals surface area (Å²) in [7, 11) is 0. The van der Waals surface area contributed by atoms with Gasteiger partial charge in [0.05, 0.1) is 0 Å². The Labute approximate surface area is 140 Å². The molecule has 0 aliphatic rings. The Kier molecular flexibility index (Phi) is 5.35. The first-order valence-corrected chi connectivity index (χ1v) is 8.67. The van der Waals surface area contributed by atoms with Crippen LogP contribution in [0.5, 0.6) is 0 Å². The second-order valence-corrected chi connectivity index (χ2v) is 6.68. The van der Waals surface area contributed by atoms with E-state index >= 15 is 0 Å². The number of benzene rings is 2. The van der Waals surface area contributed by atoms with E-state index < -0.39 is 0 Å². The fraction of sp³-hybridized carbons (Fsp3) is 0.429. The zero-order chi connectivity index (χ0) is 17.0. The van der Waals surface area contributed by atoms with Crippen LogP contribution in [0.1, 0.15) is 61.8 Å². The zero-order valence-corrected chi connectivity index (χ0v) is 14.9. The van der Waals surface area contributed by atoms with Gasteiger partial charge in [-0.1, -0.05) is 51.0 Å². The van der Waals surface area contributed by atoms with E-state index in [0.29, 0.717) is 0 Å². The Bertz CT molecular complexity index is 622. The van der Waals surface area contributed by atoms with E-state index in [9.17, 15) is 0 Å². The molecule has 4 N–H and O–H groups in total. The third kappa shape index (κ3) is 3.36. The van der Waals surface area contributed by atoms with Gasteiger partial charge in [-0.05, 0) is 61.1 Å². The van der Waals surface area contributed by atoms with Crippen molar-refractivity contribution in [2.24, 2.45) is 0 Å². The number of aryl methyl sites for hydroxylation is 2. The number of nitrogens with two attached hydrogens (primary N) is 2. The number of unbranched alkanes of at least 4 members (excludes halogenated alkanes) is 1. The van der Waals surface area contributed by atoms with Crippen molar-refractivity contribution in [3.05, 3.63) is 58.7 Å². The van der Waals surface area contributed by atoms with Gasteiger partial charge < -0.3 is 11.5 Å². The van der Waals surface area contributed by atoms with Gasteiger partial charge in [0.2, 0.25) is 0 Å². The molecule has 0 unspecified atom stereocenters. The molecule has 0 saturated heterocycles. The van der Waals surface area contributed by atoms with Crippen LogP contribution in [-0.4, -0.2) is 0 Å². The minimum atomic E-state index is 0.0347. The predicted molar refractivity (Wildman–Crippen MR) is 102 cm³/mol. The highest BCUT2D eigenvalue weighted by atomic mass is 14.6. The Hall–Kier alpha value is -1.96. The molecule has 0 saturated carbocycles. The molecule has 0 atom stereocenters. The lowest BCUT2D eigenvalue weighted by Gasteiger charge is -2.35. The Morgan fingerprint density at radius 3 is 1.65 bits per heavy atom. The molecule has 2 heteroatoms.